The maximum Gasteiger partial charge on any atom is 0.261 e. The molecule has 6 heteroatoms. The maximum absolute atomic E-state index is 13.7. The van der Waals surface area contributed by atoms with Gasteiger partial charge in [-0.3, -0.25) is 0 Å². The van der Waals surface area contributed by atoms with Gasteiger partial charge in [0.25, 0.3) is 5.89 Å². The molecule has 0 amide bonds. The zero-order valence-corrected chi connectivity index (χ0v) is 10.2. The number of nitrogen functional groups attached to an aromatic ring is 1. The smallest absolute Gasteiger partial charge is 0.261 e. The number of phenols is 1. The molecule has 0 bridgehead atoms. The van der Waals surface area contributed by atoms with Gasteiger partial charge in [-0.15, -0.1) is 0 Å². The van der Waals surface area contributed by atoms with Gasteiger partial charge < -0.3 is 15.4 Å². The molecule has 3 rings (SSSR count). The van der Waals surface area contributed by atoms with E-state index in [1.807, 2.05) is 0 Å². The van der Waals surface area contributed by atoms with Crippen LogP contribution in [0.3, 0.4) is 0 Å². The number of phenolic OH excluding ortho intramolecular Hbond substituents is 1. The summed E-state index contributed by atoms with van der Waals surface area (Å²) in [6, 6.07) is 10.4. The molecular weight excluding hydrogens is 261 g/mol. The van der Waals surface area contributed by atoms with Crippen LogP contribution < -0.4 is 5.73 Å². The summed E-state index contributed by atoms with van der Waals surface area (Å²) in [5.41, 5.74) is 6.83. The molecule has 0 fully saturated rings. The molecule has 0 atom stereocenters. The average molecular weight is 271 g/mol. The minimum absolute atomic E-state index is 0.0536. The molecule has 0 saturated carbocycles. The maximum atomic E-state index is 13.7. The van der Waals surface area contributed by atoms with Crippen molar-refractivity contribution >= 4 is 5.69 Å². The zero-order valence-electron chi connectivity index (χ0n) is 10.2. The highest BCUT2D eigenvalue weighted by Gasteiger charge is 2.14. The van der Waals surface area contributed by atoms with Crippen LogP contribution in [0.1, 0.15) is 0 Å². The lowest BCUT2D eigenvalue weighted by Gasteiger charge is -1.98. The standard InChI is InChI=1S/C14H10FN3O2/c15-12-6-3-9(16)7-11(12)14-17-13(18-20-14)8-1-4-10(19)5-2-8/h1-7,19H,16H2. The van der Waals surface area contributed by atoms with E-state index in [1.165, 1.54) is 30.3 Å². The molecule has 3 N–H and O–H groups in total. The van der Waals surface area contributed by atoms with Crippen LogP contribution in [0.25, 0.3) is 22.8 Å². The summed E-state index contributed by atoms with van der Waals surface area (Å²) in [4.78, 5) is 4.13. The van der Waals surface area contributed by atoms with Gasteiger partial charge in [0.2, 0.25) is 5.82 Å². The van der Waals surface area contributed by atoms with E-state index in [0.717, 1.165) is 0 Å². The summed E-state index contributed by atoms with van der Waals surface area (Å²) in [5, 5.41) is 13.0. The minimum Gasteiger partial charge on any atom is -0.508 e. The Morgan fingerprint density at radius 1 is 1.10 bits per heavy atom. The highest BCUT2D eigenvalue weighted by molar-refractivity contribution is 5.63. The Bertz CT molecular complexity index is 753. The molecule has 2 aromatic carbocycles. The third-order valence-corrected chi connectivity index (χ3v) is 2.77. The van der Waals surface area contributed by atoms with E-state index in [4.69, 9.17) is 10.3 Å². The van der Waals surface area contributed by atoms with Crippen LogP contribution in [0.5, 0.6) is 5.75 Å². The highest BCUT2D eigenvalue weighted by atomic mass is 19.1. The number of rotatable bonds is 2. The number of nitrogens with zero attached hydrogens (tertiary/aromatic N) is 2. The van der Waals surface area contributed by atoms with Crippen molar-refractivity contribution in [1.82, 2.24) is 10.1 Å². The topological polar surface area (TPSA) is 85.2 Å². The Balaban J connectivity index is 2.01. The molecule has 20 heavy (non-hydrogen) atoms. The molecule has 0 aliphatic rings. The molecule has 0 aliphatic heterocycles. The summed E-state index contributed by atoms with van der Waals surface area (Å²) < 4.78 is 18.8. The number of nitrogens with two attached hydrogens (primary N) is 1. The van der Waals surface area contributed by atoms with Crippen LogP contribution in [0.15, 0.2) is 47.0 Å². The molecular formula is C14H10FN3O2. The van der Waals surface area contributed by atoms with Gasteiger partial charge in [-0.05, 0) is 42.5 Å². The van der Waals surface area contributed by atoms with E-state index in [2.05, 4.69) is 10.1 Å². The first kappa shape index (κ1) is 12.2. The summed E-state index contributed by atoms with van der Waals surface area (Å²) in [6.45, 7) is 0. The van der Waals surface area contributed by atoms with Crippen molar-refractivity contribution in [3.63, 3.8) is 0 Å². The van der Waals surface area contributed by atoms with Crippen molar-refractivity contribution in [3.05, 3.63) is 48.3 Å². The van der Waals surface area contributed by atoms with Crippen LogP contribution in [-0.2, 0) is 0 Å². The normalized spacial score (nSPS) is 10.7. The number of halogens is 1. The van der Waals surface area contributed by atoms with Crippen molar-refractivity contribution in [2.24, 2.45) is 0 Å². The molecule has 0 aliphatic carbocycles. The summed E-state index contributed by atoms with van der Waals surface area (Å²) in [5.74, 6) is 0.0131. The van der Waals surface area contributed by atoms with E-state index in [-0.39, 0.29) is 17.2 Å². The van der Waals surface area contributed by atoms with E-state index in [0.29, 0.717) is 17.1 Å². The molecule has 0 spiro atoms. The van der Waals surface area contributed by atoms with Crippen molar-refractivity contribution in [2.45, 2.75) is 0 Å². The fourth-order valence-electron chi connectivity index (χ4n) is 1.77. The summed E-state index contributed by atoms with van der Waals surface area (Å²) in [7, 11) is 0. The van der Waals surface area contributed by atoms with Crippen molar-refractivity contribution in [1.29, 1.82) is 0 Å². The number of aromatic nitrogens is 2. The Hall–Kier alpha value is -2.89. The van der Waals surface area contributed by atoms with Crippen LogP contribution in [0.4, 0.5) is 10.1 Å². The largest absolute Gasteiger partial charge is 0.508 e. The first-order valence-electron chi connectivity index (χ1n) is 5.82. The molecule has 5 nitrogen and oxygen atoms in total. The number of benzene rings is 2. The van der Waals surface area contributed by atoms with Gasteiger partial charge in [0.1, 0.15) is 11.6 Å². The molecule has 1 heterocycles. The fraction of sp³-hybridized carbons (Fsp3) is 0. The lowest BCUT2D eigenvalue weighted by molar-refractivity contribution is 0.429. The average Bonchev–Trinajstić information content (AvgIpc) is 2.92. The summed E-state index contributed by atoms with van der Waals surface area (Å²) in [6.07, 6.45) is 0. The van der Waals surface area contributed by atoms with Crippen LogP contribution in [0.2, 0.25) is 0 Å². The van der Waals surface area contributed by atoms with E-state index < -0.39 is 5.82 Å². The predicted molar refractivity (Wildman–Crippen MR) is 71.2 cm³/mol. The van der Waals surface area contributed by atoms with E-state index in [9.17, 15) is 9.50 Å². The number of hydrogen-bond acceptors (Lipinski definition) is 5. The number of aromatic hydroxyl groups is 1. The van der Waals surface area contributed by atoms with Gasteiger partial charge in [0, 0.05) is 11.3 Å². The number of hydrogen-bond donors (Lipinski definition) is 2. The monoisotopic (exact) mass is 271 g/mol. The molecule has 0 unspecified atom stereocenters. The van der Waals surface area contributed by atoms with Gasteiger partial charge in [-0.2, -0.15) is 4.98 Å². The van der Waals surface area contributed by atoms with E-state index in [1.54, 1.807) is 12.1 Å². The molecule has 0 radical (unpaired) electrons. The zero-order chi connectivity index (χ0) is 14.1. The Morgan fingerprint density at radius 3 is 2.60 bits per heavy atom. The molecule has 3 aromatic rings. The second-order valence-corrected chi connectivity index (χ2v) is 4.21. The van der Waals surface area contributed by atoms with Crippen LogP contribution in [-0.4, -0.2) is 15.2 Å². The fourth-order valence-corrected chi connectivity index (χ4v) is 1.77. The van der Waals surface area contributed by atoms with Gasteiger partial charge in [0.15, 0.2) is 0 Å². The van der Waals surface area contributed by atoms with Crippen molar-refractivity contribution in [2.75, 3.05) is 5.73 Å². The second-order valence-electron chi connectivity index (χ2n) is 4.21. The SMILES string of the molecule is Nc1ccc(F)c(-c2nc(-c3ccc(O)cc3)no2)c1. The Morgan fingerprint density at radius 2 is 1.85 bits per heavy atom. The lowest BCUT2D eigenvalue weighted by atomic mass is 10.2. The van der Waals surface area contributed by atoms with Crippen molar-refractivity contribution in [3.8, 4) is 28.6 Å². The van der Waals surface area contributed by atoms with E-state index >= 15 is 0 Å². The predicted octanol–water partition coefficient (Wildman–Crippen LogP) is 2.83. The van der Waals surface area contributed by atoms with Crippen LogP contribution >= 0.6 is 0 Å². The highest BCUT2D eigenvalue weighted by Crippen LogP contribution is 2.26. The summed E-state index contributed by atoms with van der Waals surface area (Å²) >= 11 is 0. The van der Waals surface area contributed by atoms with Crippen LogP contribution in [0, 0.1) is 5.82 Å². The molecule has 0 saturated heterocycles. The minimum atomic E-state index is -0.486. The Kier molecular flexibility index (Phi) is 2.83. The third-order valence-electron chi connectivity index (χ3n) is 2.77. The first-order valence-corrected chi connectivity index (χ1v) is 5.82. The van der Waals surface area contributed by atoms with Gasteiger partial charge in [-0.1, -0.05) is 5.16 Å². The van der Waals surface area contributed by atoms with Gasteiger partial charge in [-0.25, -0.2) is 4.39 Å². The molecule has 1 aromatic heterocycles. The number of anilines is 1. The third kappa shape index (κ3) is 2.18. The second kappa shape index (κ2) is 4.65. The first-order chi connectivity index (χ1) is 9.63. The quantitative estimate of drug-likeness (QED) is 0.700. The lowest BCUT2D eigenvalue weighted by Crippen LogP contribution is -1.89. The van der Waals surface area contributed by atoms with Gasteiger partial charge >= 0.3 is 0 Å². The van der Waals surface area contributed by atoms with Crippen molar-refractivity contribution < 1.29 is 14.0 Å². The molecule has 100 valence electrons. The Labute approximate surface area is 113 Å². The van der Waals surface area contributed by atoms with Gasteiger partial charge in [0.05, 0.1) is 5.56 Å².